The lowest BCUT2D eigenvalue weighted by atomic mass is 10.0. The zero-order valence-electron chi connectivity index (χ0n) is 11.2. The van der Waals surface area contributed by atoms with Crippen molar-refractivity contribution in [2.75, 3.05) is 13.2 Å². The molecule has 98 valence electrons. The summed E-state index contributed by atoms with van der Waals surface area (Å²) in [6.45, 7) is 6.09. The van der Waals surface area contributed by atoms with Crippen molar-refractivity contribution in [3.05, 3.63) is 23.8 Å². The van der Waals surface area contributed by atoms with Crippen LogP contribution < -0.4 is 14.8 Å². The molecule has 2 aliphatic rings. The zero-order valence-corrected chi connectivity index (χ0v) is 11.2. The van der Waals surface area contributed by atoms with E-state index in [0.717, 1.165) is 31.1 Å². The summed E-state index contributed by atoms with van der Waals surface area (Å²) >= 11 is 0. The number of nitrogens with one attached hydrogen (secondary N) is 1. The van der Waals surface area contributed by atoms with Gasteiger partial charge in [-0.15, -0.1) is 0 Å². The van der Waals surface area contributed by atoms with Gasteiger partial charge in [-0.25, -0.2) is 0 Å². The maximum Gasteiger partial charge on any atom is 0.165 e. The summed E-state index contributed by atoms with van der Waals surface area (Å²) in [5.74, 6) is 1.84. The van der Waals surface area contributed by atoms with E-state index < -0.39 is 0 Å². The fourth-order valence-electron chi connectivity index (χ4n) is 2.79. The maximum absolute atomic E-state index is 6.00. The Morgan fingerprint density at radius 1 is 1.44 bits per heavy atom. The molecule has 1 N–H and O–H groups in total. The molecule has 3 rings (SSSR count). The second-order valence-electron chi connectivity index (χ2n) is 5.89. The normalized spacial score (nSPS) is 24.7. The van der Waals surface area contributed by atoms with Crippen LogP contribution in [0.2, 0.25) is 0 Å². The first-order valence-electron chi connectivity index (χ1n) is 6.81. The summed E-state index contributed by atoms with van der Waals surface area (Å²) in [5, 5.41) is 3.44. The van der Waals surface area contributed by atoms with Gasteiger partial charge >= 0.3 is 0 Å². The second kappa shape index (κ2) is 4.47. The average molecular weight is 247 g/mol. The fourth-order valence-corrected chi connectivity index (χ4v) is 2.79. The molecule has 1 saturated heterocycles. The minimum Gasteiger partial charge on any atom is -0.488 e. The van der Waals surface area contributed by atoms with E-state index in [-0.39, 0.29) is 5.60 Å². The standard InChI is InChI=1S/C15H21NO2/c1-15(2)9-11-5-3-7-13(14(11)18-15)17-10-12-6-4-8-16-12/h3,5,7,12,16H,4,6,8-10H2,1-2H3/t12-/m0/s1. The highest BCUT2D eigenvalue weighted by Gasteiger charge is 2.32. The van der Waals surface area contributed by atoms with Crippen LogP contribution in [-0.4, -0.2) is 24.8 Å². The van der Waals surface area contributed by atoms with Crippen LogP contribution in [-0.2, 0) is 6.42 Å². The maximum atomic E-state index is 6.00. The van der Waals surface area contributed by atoms with Gasteiger partial charge in [0.05, 0.1) is 0 Å². The van der Waals surface area contributed by atoms with E-state index in [1.54, 1.807) is 0 Å². The SMILES string of the molecule is CC1(C)Cc2cccc(OC[C@@H]3CCCN3)c2O1. The molecule has 1 fully saturated rings. The molecule has 0 aromatic heterocycles. The van der Waals surface area contributed by atoms with Gasteiger partial charge in [0.2, 0.25) is 0 Å². The van der Waals surface area contributed by atoms with E-state index in [1.807, 2.05) is 6.07 Å². The molecule has 3 nitrogen and oxygen atoms in total. The number of rotatable bonds is 3. The summed E-state index contributed by atoms with van der Waals surface area (Å²) in [7, 11) is 0. The molecule has 0 spiro atoms. The molecular weight excluding hydrogens is 226 g/mol. The molecule has 1 aromatic carbocycles. The Kier molecular flexibility index (Phi) is 2.94. The molecule has 18 heavy (non-hydrogen) atoms. The van der Waals surface area contributed by atoms with Crippen LogP contribution >= 0.6 is 0 Å². The molecule has 1 aromatic rings. The van der Waals surface area contributed by atoms with E-state index >= 15 is 0 Å². The van der Waals surface area contributed by atoms with Gasteiger partial charge in [0, 0.05) is 18.0 Å². The summed E-state index contributed by atoms with van der Waals surface area (Å²) < 4.78 is 11.9. The summed E-state index contributed by atoms with van der Waals surface area (Å²) in [6, 6.07) is 6.69. The molecular formula is C15H21NO2. The van der Waals surface area contributed by atoms with Crippen molar-refractivity contribution in [1.29, 1.82) is 0 Å². The van der Waals surface area contributed by atoms with Crippen LogP contribution in [0.1, 0.15) is 32.3 Å². The quantitative estimate of drug-likeness (QED) is 0.890. The summed E-state index contributed by atoms with van der Waals surface area (Å²) in [5.41, 5.74) is 1.16. The number of fused-ring (bicyclic) bond motifs is 1. The van der Waals surface area contributed by atoms with E-state index in [9.17, 15) is 0 Å². The van der Waals surface area contributed by atoms with E-state index in [0.29, 0.717) is 6.04 Å². The molecule has 0 unspecified atom stereocenters. The zero-order chi connectivity index (χ0) is 12.6. The molecule has 0 aliphatic carbocycles. The Morgan fingerprint density at radius 2 is 2.33 bits per heavy atom. The number of hydrogen-bond donors (Lipinski definition) is 1. The third kappa shape index (κ3) is 2.32. The van der Waals surface area contributed by atoms with Crippen molar-refractivity contribution in [1.82, 2.24) is 5.32 Å². The summed E-state index contributed by atoms with van der Waals surface area (Å²) in [4.78, 5) is 0. The Morgan fingerprint density at radius 3 is 3.11 bits per heavy atom. The Bertz CT molecular complexity index is 436. The van der Waals surface area contributed by atoms with Crippen LogP contribution in [0.15, 0.2) is 18.2 Å². The Hall–Kier alpha value is -1.22. The lowest BCUT2D eigenvalue weighted by Gasteiger charge is -2.19. The van der Waals surface area contributed by atoms with Crippen LogP contribution in [0.3, 0.4) is 0 Å². The van der Waals surface area contributed by atoms with E-state index in [2.05, 4.69) is 31.3 Å². The highest BCUT2D eigenvalue weighted by molar-refractivity contribution is 5.50. The predicted molar refractivity (Wildman–Crippen MR) is 71.4 cm³/mol. The largest absolute Gasteiger partial charge is 0.488 e. The van der Waals surface area contributed by atoms with Gasteiger partial charge in [-0.2, -0.15) is 0 Å². The number of benzene rings is 1. The van der Waals surface area contributed by atoms with Crippen molar-refractivity contribution in [3.63, 3.8) is 0 Å². The minimum atomic E-state index is -0.104. The van der Waals surface area contributed by atoms with Gasteiger partial charge in [0.25, 0.3) is 0 Å². The third-order valence-corrected chi connectivity index (χ3v) is 3.66. The third-order valence-electron chi connectivity index (χ3n) is 3.66. The van der Waals surface area contributed by atoms with Crippen LogP contribution in [0.4, 0.5) is 0 Å². The molecule has 1 atom stereocenters. The van der Waals surface area contributed by atoms with Gasteiger partial charge < -0.3 is 14.8 Å². The molecule has 2 aliphatic heterocycles. The van der Waals surface area contributed by atoms with Crippen molar-refractivity contribution in [2.24, 2.45) is 0 Å². The van der Waals surface area contributed by atoms with Crippen LogP contribution in [0, 0.1) is 0 Å². The predicted octanol–water partition coefficient (Wildman–Crippen LogP) is 2.53. The average Bonchev–Trinajstić information content (AvgIpc) is 2.91. The van der Waals surface area contributed by atoms with Gasteiger partial charge in [-0.05, 0) is 39.3 Å². The van der Waals surface area contributed by atoms with Crippen molar-refractivity contribution < 1.29 is 9.47 Å². The number of para-hydroxylation sites is 1. The topological polar surface area (TPSA) is 30.5 Å². The fraction of sp³-hybridized carbons (Fsp3) is 0.600. The second-order valence-corrected chi connectivity index (χ2v) is 5.89. The van der Waals surface area contributed by atoms with Gasteiger partial charge in [0.1, 0.15) is 12.2 Å². The Balaban J connectivity index is 1.72. The summed E-state index contributed by atoms with van der Waals surface area (Å²) in [6.07, 6.45) is 3.42. The molecule has 0 radical (unpaired) electrons. The highest BCUT2D eigenvalue weighted by atomic mass is 16.5. The van der Waals surface area contributed by atoms with E-state index in [4.69, 9.17) is 9.47 Å². The smallest absolute Gasteiger partial charge is 0.165 e. The minimum absolute atomic E-state index is 0.104. The molecule has 3 heteroatoms. The first kappa shape index (κ1) is 11.8. The number of ether oxygens (including phenoxy) is 2. The lowest BCUT2D eigenvalue weighted by Crippen LogP contribution is -2.28. The first-order valence-corrected chi connectivity index (χ1v) is 6.81. The van der Waals surface area contributed by atoms with Gasteiger partial charge in [0.15, 0.2) is 11.5 Å². The van der Waals surface area contributed by atoms with E-state index in [1.165, 1.54) is 18.4 Å². The van der Waals surface area contributed by atoms with Crippen LogP contribution in [0.25, 0.3) is 0 Å². The molecule has 2 heterocycles. The van der Waals surface area contributed by atoms with Gasteiger partial charge in [-0.3, -0.25) is 0 Å². The monoisotopic (exact) mass is 247 g/mol. The molecule has 0 bridgehead atoms. The van der Waals surface area contributed by atoms with Crippen molar-refractivity contribution in [3.8, 4) is 11.5 Å². The Labute approximate surface area is 108 Å². The van der Waals surface area contributed by atoms with Crippen molar-refractivity contribution in [2.45, 2.75) is 44.8 Å². The molecule has 0 saturated carbocycles. The number of hydrogen-bond acceptors (Lipinski definition) is 3. The molecule has 0 amide bonds. The highest BCUT2D eigenvalue weighted by Crippen LogP contribution is 2.41. The van der Waals surface area contributed by atoms with Crippen molar-refractivity contribution >= 4 is 0 Å². The first-order chi connectivity index (χ1) is 8.64. The lowest BCUT2D eigenvalue weighted by molar-refractivity contribution is 0.131. The van der Waals surface area contributed by atoms with Gasteiger partial charge in [-0.1, -0.05) is 12.1 Å². The van der Waals surface area contributed by atoms with Crippen LogP contribution in [0.5, 0.6) is 11.5 Å².